The van der Waals surface area contributed by atoms with Crippen LogP contribution >= 0.6 is 11.3 Å². The molecule has 0 aliphatic carbocycles. The first-order chi connectivity index (χ1) is 9.28. The average Bonchev–Trinajstić information content (AvgIpc) is 2.91. The number of thiophene rings is 1. The van der Waals surface area contributed by atoms with Gasteiger partial charge in [-0.15, -0.1) is 11.3 Å². The molecule has 0 N–H and O–H groups in total. The normalized spacial score (nSPS) is 21.0. The minimum absolute atomic E-state index is 0.0391. The van der Waals surface area contributed by atoms with Crippen LogP contribution in [0.2, 0.25) is 0 Å². The molecule has 0 saturated carbocycles. The summed E-state index contributed by atoms with van der Waals surface area (Å²) >= 11 is 1.45. The lowest BCUT2D eigenvalue weighted by Gasteiger charge is -2.32. The van der Waals surface area contributed by atoms with Crippen molar-refractivity contribution >= 4 is 21.6 Å². The van der Waals surface area contributed by atoms with Gasteiger partial charge in [0.15, 0.2) is 0 Å². The number of fused-ring (bicyclic) bond motifs is 1. The van der Waals surface area contributed by atoms with E-state index in [4.69, 9.17) is 4.74 Å². The molecule has 1 unspecified atom stereocenters. The zero-order valence-electron chi connectivity index (χ0n) is 10.9. The number of likely N-dealkylation sites (N-methyl/N-ethyl adjacent to an activating group) is 1. The van der Waals surface area contributed by atoms with Crippen molar-refractivity contribution in [2.24, 2.45) is 0 Å². The summed E-state index contributed by atoms with van der Waals surface area (Å²) in [6.45, 7) is 6.35. The highest BCUT2D eigenvalue weighted by atomic mass is 32.1. The van der Waals surface area contributed by atoms with Gasteiger partial charge in [0.1, 0.15) is 4.70 Å². The van der Waals surface area contributed by atoms with E-state index in [9.17, 15) is 4.79 Å². The third-order valence-electron chi connectivity index (χ3n) is 3.51. The van der Waals surface area contributed by atoms with Gasteiger partial charge >= 0.3 is 0 Å². The van der Waals surface area contributed by atoms with Crippen molar-refractivity contribution in [2.75, 3.05) is 26.2 Å². The van der Waals surface area contributed by atoms with Crippen LogP contribution in [0.15, 0.2) is 22.6 Å². The fraction of sp³-hybridized carbons (Fsp3) is 0.538. The topological polar surface area (TPSA) is 47.4 Å². The minimum atomic E-state index is 0.0391. The van der Waals surface area contributed by atoms with E-state index in [2.05, 4.69) is 16.8 Å². The average molecular weight is 279 g/mol. The van der Waals surface area contributed by atoms with E-state index < -0.39 is 0 Å². The molecule has 1 fully saturated rings. The van der Waals surface area contributed by atoms with Gasteiger partial charge in [-0.2, -0.15) is 0 Å². The lowest BCUT2D eigenvalue weighted by atomic mass is 10.2. The molecule has 1 aliphatic heterocycles. The van der Waals surface area contributed by atoms with E-state index in [-0.39, 0.29) is 11.7 Å². The fourth-order valence-corrected chi connectivity index (χ4v) is 3.20. The Morgan fingerprint density at radius 3 is 3.32 bits per heavy atom. The van der Waals surface area contributed by atoms with Gasteiger partial charge in [0, 0.05) is 13.1 Å². The van der Waals surface area contributed by atoms with Gasteiger partial charge in [0.05, 0.1) is 31.1 Å². The van der Waals surface area contributed by atoms with Crippen molar-refractivity contribution < 1.29 is 4.74 Å². The highest BCUT2D eigenvalue weighted by Gasteiger charge is 2.20. The van der Waals surface area contributed by atoms with Crippen LogP contribution in [0.3, 0.4) is 0 Å². The highest BCUT2D eigenvalue weighted by molar-refractivity contribution is 7.17. The first-order valence-corrected chi connectivity index (χ1v) is 7.42. The molecule has 1 aliphatic rings. The Morgan fingerprint density at radius 1 is 1.58 bits per heavy atom. The number of rotatable bonds is 3. The van der Waals surface area contributed by atoms with E-state index in [0.717, 1.165) is 36.5 Å². The second-order valence-electron chi connectivity index (χ2n) is 4.72. The third kappa shape index (κ3) is 2.56. The molecular weight excluding hydrogens is 262 g/mol. The molecule has 1 saturated heterocycles. The Balaban J connectivity index is 1.81. The maximum Gasteiger partial charge on any atom is 0.271 e. The van der Waals surface area contributed by atoms with Crippen LogP contribution < -0.4 is 5.56 Å². The second kappa shape index (κ2) is 5.40. The summed E-state index contributed by atoms with van der Waals surface area (Å²) in [5.41, 5.74) is 0.822. The maximum atomic E-state index is 12.3. The van der Waals surface area contributed by atoms with Gasteiger partial charge in [-0.1, -0.05) is 6.92 Å². The first-order valence-electron chi connectivity index (χ1n) is 6.54. The molecule has 0 radical (unpaired) electrons. The van der Waals surface area contributed by atoms with Crippen LogP contribution in [-0.2, 0) is 11.3 Å². The monoisotopic (exact) mass is 279 g/mol. The van der Waals surface area contributed by atoms with E-state index in [1.54, 1.807) is 10.9 Å². The van der Waals surface area contributed by atoms with Gasteiger partial charge < -0.3 is 4.74 Å². The van der Waals surface area contributed by atoms with Crippen molar-refractivity contribution in [2.45, 2.75) is 19.6 Å². The van der Waals surface area contributed by atoms with Crippen LogP contribution in [-0.4, -0.2) is 46.8 Å². The number of ether oxygens (including phenoxy) is 1. The molecule has 0 aromatic carbocycles. The quantitative estimate of drug-likeness (QED) is 0.846. The van der Waals surface area contributed by atoms with Crippen molar-refractivity contribution in [1.82, 2.24) is 14.5 Å². The highest BCUT2D eigenvalue weighted by Crippen LogP contribution is 2.14. The van der Waals surface area contributed by atoms with Crippen LogP contribution in [0, 0.1) is 0 Å². The molecule has 5 nitrogen and oxygen atoms in total. The maximum absolute atomic E-state index is 12.3. The second-order valence-corrected chi connectivity index (χ2v) is 5.64. The fourth-order valence-electron chi connectivity index (χ4n) is 2.41. The largest absolute Gasteiger partial charge is 0.374 e. The molecule has 6 heteroatoms. The molecule has 0 amide bonds. The van der Waals surface area contributed by atoms with Crippen LogP contribution in [0.5, 0.6) is 0 Å². The Bertz CT molecular complexity index is 622. The standard InChI is InChI=1S/C13H17N3O2S/c1-2-15-4-5-18-10(7-15)8-16-9-14-11-3-6-19-12(11)13(16)17/h3,6,9-10H,2,4-5,7-8H2,1H3. The molecule has 3 rings (SSSR count). The molecular formula is C13H17N3O2S. The molecule has 3 heterocycles. The zero-order chi connectivity index (χ0) is 13.2. The first kappa shape index (κ1) is 12.8. The third-order valence-corrected chi connectivity index (χ3v) is 4.40. The molecule has 19 heavy (non-hydrogen) atoms. The Kier molecular flexibility index (Phi) is 3.63. The van der Waals surface area contributed by atoms with Crippen molar-refractivity contribution in [3.05, 3.63) is 28.1 Å². The smallest absolute Gasteiger partial charge is 0.271 e. The summed E-state index contributed by atoms with van der Waals surface area (Å²) in [4.78, 5) is 18.9. The Morgan fingerprint density at radius 2 is 2.47 bits per heavy atom. The van der Waals surface area contributed by atoms with Gasteiger partial charge in [-0.25, -0.2) is 4.98 Å². The summed E-state index contributed by atoms with van der Waals surface area (Å²) in [5, 5.41) is 1.90. The van der Waals surface area contributed by atoms with E-state index in [1.807, 2.05) is 11.4 Å². The Hall–Kier alpha value is -1.24. The number of hydrogen-bond acceptors (Lipinski definition) is 5. The lowest BCUT2D eigenvalue weighted by molar-refractivity contribution is -0.0347. The van der Waals surface area contributed by atoms with E-state index >= 15 is 0 Å². The molecule has 0 spiro atoms. The van der Waals surface area contributed by atoms with Crippen molar-refractivity contribution in [3.63, 3.8) is 0 Å². The van der Waals surface area contributed by atoms with E-state index in [1.165, 1.54) is 11.3 Å². The van der Waals surface area contributed by atoms with Gasteiger partial charge in [0.2, 0.25) is 0 Å². The number of hydrogen-bond donors (Lipinski definition) is 0. The van der Waals surface area contributed by atoms with Crippen LogP contribution in [0.4, 0.5) is 0 Å². The molecule has 102 valence electrons. The van der Waals surface area contributed by atoms with Crippen LogP contribution in [0.1, 0.15) is 6.92 Å². The summed E-state index contributed by atoms with van der Waals surface area (Å²) in [6.07, 6.45) is 1.71. The summed E-state index contributed by atoms with van der Waals surface area (Å²) < 4.78 is 8.13. The van der Waals surface area contributed by atoms with Crippen LogP contribution in [0.25, 0.3) is 10.2 Å². The number of morpholine rings is 1. The number of aromatic nitrogens is 2. The van der Waals surface area contributed by atoms with Gasteiger partial charge in [-0.05, 0) is 18.0 Å². The molecule has 1 atom stereocenters. The van der Waals surface area contributed by atoms with Gasteiger partial charge in [0.25, 0.3) is 5.56 Å². The summed E-state index contributed by atoms with van der Waals surface area (Å²) in [5.74, 6) is 0. The summed E-state index contributed by atoms with van der Waals surface area (Å²) in [7, 11) is 0. The predicted octanol–water partition coefficient (Wildman–Crippen LogP) is 1.18. The lowest BCUT2D eigenvalue weighted by Crippen LogP contribution is -2.45. The minimum Gasteiger partial charge on any atom is -0.374 e. The molecule has 2 aromatic heterocycles. The van der Waals surface area contributed by atoms with E-state index in [0.29, 0.717) is 6.54 Å². The zero-order valence-corrected chi connectivity index (χ0v) is 11.7. The number of nitrogens with zero attached hydrogens (tertiary/aromatic N) is 3. The predicted molar refractivity (Wildman–Crippen MR) is 75.7 cm³/mol. The van der Waals surface area contributed by atoms with Crippen molar-refractivity contribution in [3.8, 4) is 0 Å². The SMILES string of the molecule is CCN1CCOC(Cn2cnc3ccsc3c2=O)C1. The van der Waals surface area contributed by atoms with Crippen molar-refractivity contribution in [1.29, 1.82) is 0 Å². The molecule has 2 aromatic rings. The molecule has 0 bridgehead atoms. The Labute approximate surface area is 115 Å². The summed E-state index contributed by atoms with van der Waals surface area (Å²) in [6, 6.07) is 1.88. The van der Waals surface area contributed by atoms with Gasteiger partial charge in [-0.3, -0.25) is 14.3 Å².